The standard InChI is InChI=1S/C7H12N6S/c1-13-3-5(2-11-13)4-14-7(10)12-6(8)9/h2-3H,4H2,1H3,(H5,8,9,10,12). The number of hydrogen-bond donors (Lipinski definition) is 3. The van der Waals surface area contributed by atoms with Crippen molar-refractivity contribution in [2.45, 2.75) is 5.75 Å². The number of nitrogens with one attached hydrogen (secondary N) is 1. The summed E-state index contributed by atoms with van der Waals surface area (Å²) in [5.41, 5.74) is 11.3. The van der Waals surface area contributed by atoms with Crippen molar-refractivity contribution in [3.63, 3.8) is 0 Å². The van der Waals surface area contributed by atoms with Crippen molar-refractivity contribution in [2.24, 2.45) is 23.5 Å². The molecule has 0 bridgehead atoms. The molecule has 0 radical (unpaired) electrons. The summed E-state index contributed by atoms with van der Waals surface area (Å²) in [6.45, 7) is 0. The average molecular weight is 212 g/mol. The number of hydrogen-bond acceptors (Lipinski definition) is 3. The number of nitrogens with zero attached hydrogens (tertiary/aromatic N) is 3. The van der Waals surface area contributed by atoms with Crippen LogP contribution in [0, 0.1) is 5.41 Å². The molecule has 0 spiro atoms. The van der Waals surface area contributed by atoms with E-state index >= 15 is 0 Å². The molecule has 1 rings (SSSR count). The van der Waals surface area contributed by atoms with Gasteiger partial charge in [-0.2, -0.15) is 10.1 Å². The molecular weight excluding hydrogens is 200 g/mol. The van der Waals surface area contributed by atoms with Crippen LogP contribution in [0.3, 0.4) is 0 Å². The van der Waals surface area contributed by atoms with E-state index in [0.717, 1.165) is 5.56 Å². The van der Waals surface area contributed by atoms with E-state index < -0.39 is 0 Å². The maximum absolute atomic E-state index is 7.36. The molecule has 0 aliphatic rings. The van der Waals surface area contributed by atoms with Crippen molar-refractivity contribution in [2.75, 3.05) is 0 Å². The summed E-state index contributed by atoms with van der Waals surface area (Å²) < 4.78 is 1.71. The first-order valence-electron chi connectivity index (χ1n) is 3.86. The van der Waals surface area contributed by atoms with Gasteiger partial charge in [-0.05, 0) is 0 Å². The number of aliphatic imine (C=N–C) groups is 1. The zero-order valence-electron chi connectivity index (χ0n) is 7.77. The third-order valence-electron chi connectivity index (χ3n) is 1.36. The van der Waals surface area contributed by atoms with Crippen molar-refractivity contribution in [1.82, 2.24) is 9.78 Å². The Morgan fingerprint density at radius 1 is 1.71 bits per heavy atom. The van der Waals surface area contributed by atoms with E-state index in [9.17, 15) is 0 Å². The Morgan fingerprint density at radius 3 is 2.93 bits per heavy atom. The Kier molecular flexibility index (Phi) is 3.52. The van der Waals surface area contributed by atoms with Crippen LogP contribution in [-0.2, 0) is 12.8 Å². The van der Waals surface area contributed by atoms with Crippen LogP contribution < -0.4 is 11.5 Å². The molecule has 1 aromatic rings. The van der Waals surface area contributed by atoms with Crippen LogP contribution in [-0.4, -0.2) is 20.9 Å². The van der Waals surface area contributed by atoms with E-state index in [-0.39, 0.29) is 11.1 Å². The second-order valence-electron chi connectivity index (χ2n) is 2.65. The fourth-order valence-electron chi connectivity index (χ4n) is 0.848. The maximum atomic E-state index is 7.36. The van der Waals surface area contributed by atoms with Gasteiger partial charge in [-0.25, -0.2) is 0 Å². The zero-order valence-corrected chi connectivity index (χ0v) is 8.58. The quantitative estimate of drug-likeness (QED) is 0.468. The third-order valence-corrected chi connectivity index (χ3v) is 2.21. The molecule has 0 saturated heterocycles. The molecule has 0 unspecified atom stereocenters. The van der Waals surface area contributed by atoms with Gasteiger partial charge in [0.15, 0.2) is 11.1 Å². The average Bonchev–Trinajstić information content (AvgIpc) is 2.47. The lowest BCUT2D eigenvalue weighted by molar-refractivity contribution is 0.767. The molecule has 0 saturated carbocycles. The SMILES string of the molecule is Cn1cc(CSC(=N)N=C(N)N)cn1. The number of amidine groups is 1. The largest absolute Gasteiger partial charge is 0.370 e. The molecule has 5 N–H and O–H groups in total. The van der Waals surface area contributed by atoms with Crippen LogP contribution >= 0.6 is 11.8 Å². The normalized spacial score (nSPS) is 9.79. The topological polar surface area (TPSA) is 106 Å². The van der Waals surface area contributed by atoms with Gasteiger partial charge in [0.1, 0.15) is 0 Å². The summed E-state index contributed by atoms with van der Waals surface area (Å²) in [6.07, 6.45) is 3.63. The number of aryl methyl sites for hydroxylation is 1. The van der Waals surface area contributed by atoms with E-state index in [2.05, 4.69) is 10.1 Å². The molecule has 1 heterocycles. The lowest BCUT2D eigenvalue weighted by atomic mass is 10.4. The molecule has 0 fully saturated rings. The number of guanidine groups is 1. The van der Waals surface area contributed by atoms with E-state index in [0.29, 0.717) is 5.75 Å². The van der Waals surface area contributed by atoms with Gasteiger partial charge < -0.3 is 11.5 Å². The monoisotopic (exact) mass is 212 g/mol. The lowest BCUT2D eigenvalue weighted by Crippen LogP contribution is -2.23. The summed E-state index contributed by atoms with van der Waals surface area (Å²) in [5.74, 6) is 0.553. The molecule has 0 aliphatic heterocycles. The summed E-state index contributed by atoms with van der Waals surface area (Å²) in [4.78, 5) is 3.59. The predicted molar refractivity (Wildman–Crippen MR) is 58.0 cm³/mol. The van der Waals surface area contributed by atoms with Gasteiger partial charge in [0, 0.05) is 24.6 Å². The van der Waals surface area contributed by atoms with Crippen LogP contribution in [0.5, 0.6) is 0 Å². The second kappa shape index (κ2) is 4.66. The number of nitrogens with two attached hydrogens (primary N) is 2. The second-order valence-corrected chi connectivity index (χ2v) is 3.62. The Labute approximate surface area is 85.9 Å². The molecule has 1 aromatic heterocycles. The number of rotatable bonds is 2. The molecule has 0 aliphatic carbocycles. The molecule has 0 aromatic carbocycles. The van der Waals surface area contributed by atoms with Crippen LogP contribution in [0.1, 0.15) is 5.56 Å². The van der Waals surface area contributed by atoms with Crippen molar-refractivity contribution in [1.29, 1.82) is 5.41 Å². The smallest absolute Gasteiger partial charge is 0.193 e. The minimum absolute atomic E-state index is 0.0892. The van der Waals surface area contributed by atoms with E-state index in [1.165, 1.54) is 11.8 Å². The van der Waals surface area contributed by atoms with Gasteiger partial charge >= 0.3 is 0 Å². The maximum Gasteiger partial charge on any atom is 0.193 e. The first-order valence-corrected chi connectivity index (χ1v) is 4.85. The summed E-state index contributed by atoms with van der Waals surface area (Å²) >= 11 is 1.25. The van der Waals surface area contributed by atoms with Crippen LogP contribution in [0.2, 0.25) is 0 Å². The summed E-state index contributed by atoms with van der Waals surface area (Å²) in [7, 11) is 1.84. The van der Waals surface area contributed by atoms with Gasteiger partial charge in [-0.15, -0.1) is 0 Å². The Bertz CT molecular complexity index is 351. The Morgan fingerprint density at radius 2 is 2.43 bits per heavy atom. The summed E-state index contributed by atoms with van der Waals surface area (Å²) in [6, 6.07) is 0. The van der Waals surface area contributed by atoms with Crippen molar-refractivity contribution < 1.29 is 0 Å². The van der Waals surface area contributed by atoms with Gasteiger partial charge in [-0.1, -0.05) is 11.8 Å². The first kappa shape index (κ1) is 10.6. The highest BCUT2D eigenvalue weighted by Crippen LogP contribution is 2.12. The summed E-state index contributed by atoms with van der Waals surface area (Å²) in [5, 5.41) is 11.5. The zero-order chi connectivity index (χ0) is 10.6. The van der Waals surface area contributed by atoms with Crippen molar-refractivity contribution >= 4 is 22.9 Å². The molecule has 7 heteroatoms. The Hall–Kier alpha value is -1.50. The van der Waals surface area contributed by atoms with Gasteiger partial charge in [0.05, 0.1) is 6.20 Å². The number of thioether (sulfide) groups is 1. The first-order chi connectivity index (χ1) is 6.58. The molecule has 76 valence electrons. The molecule has 0 atom stereocenters. The molecule has 0 amide bonds. The van der Waals surface area contributed by atoms with E-state index in [1.54, 1.807) is 10.9 Å². The van der Waals surface area contributed by atoms with Gasteiger partial charge in [0.25, 0.3) is 0 Å². The van der Waals surface area contributed by atoms with Crippen LogP contribution in [0.4, 0.5) is 0 Å². The Balaban J connectivity index is 2.41. The molecular formula is C7H12N6S. The van der Waals surface area contributed by atoms with E-state index in [4.69, 9.17) is 16.9 Å². The van der Waals surface area contributed by atoms with Crippen molar-refractivity contribution in [3.8, 4) is 0 Å². The van der Waals surface area contributed by atoms with Crippen LogP contribution in [0.15, 0.2) is 17.4 Å². The van der Waals surface area contributed by atoms with Gasteiger partial charge in [0.2, 0.25) is 0 Å². The fourth-order valence-corrected chi connectivity index (χ4v) is 1.47. The van der Waals surface area contributed by atoms with Gasteiger partial charge in [-0.3, -0.25) is 10.1 Å². The number of aromatic nitrogens is 2. The highest BCUT2D eigenvalue weighted by molar-refractivity contribution is 8.13. The molecule has 14 heavy (non-hydrogen) atoms. The lowest BCUT2D eigenvalue weighted by Gasteiger charge is -1.96. The van der Waals surface area contributed by atoms with Crippen molar-refractivity contribution in [3.05, 3.63) is 18.0 Å². The van der Waals surface area contributed by atoms with E-state index in [1.807, 2.05) is 13.2 Å². The minimum Gasteiger partial charge on any atom is -0.370 e. The third kappa shape index (κ3) is 3.48. The fraction of sp³-hybridized carbons (Fsp3) is 0.286. The molecule has 6 nitrogen and oxygen atoms in total. The minimum atomic E-state index is -0.0892. The predicted octanol–water partition coefficient (Wildman–Crippen LogP) is -0.139. The highest BCUT2D eigenvalue weighted by atomic mass is 32.2. The van der Waals surface area contributed by atoms with Crippen LogP contribution in [0.25, 0.3) is 0 Å². The highest BCUT2D eigenvalue weighted by Gasteiger charge is 1.99.